The van der Waals surface area contributed by atoms with Gasteiger partial charge in [-0.05, 0) is 18.2 Å². The molecule has 0 fully saturated rings. The number of nitrogens with one attached hydrogen (secondary N) is 1. The molecule has 20 heavy (non-hydrogen) atoms. The highest BCUT2D eigenvalue weighted by atomic mass is 19.4. The van der Waals surface area contributed by atoms with Crippen molar-refractivity contribution < 1.29 is 18.0 Å². The van der Waals surface area contributed by atoms with E-state index < -0.39 is 23.3 Å². The van der Waals surface area contributed by atoms with Crippen molar-refractivity contribution in [1.29, 1.82) is 0 Å². The second-order valence-corrected chi connectivity index (χ2v) is 3.84. The van der Waals surface area contributed by atoms with Crippen molar-refractivity contribution in [2.75, 3.05) is 11.1 Å². The third kappa shape index (κ3) is 3.02. The van der Waals surface area contributed by atoms with E-state index in [2.05, 4.69) is 15.3 Å². The van der Waals surface area contributed by atoms with Crippen LogP contribution in [0.15, 0.2) is 36.8 Å². The number of nitrogens with two attached hydrogens (primary N) is 1. The van der Waals surface area contributed by atoms with Crippen LogP contribution in [0.5, 0.6) is 0 Å². The molecule has 0 aliphatic carbocycles. The molecule has 1 heterocycles. The number of carbonyl (C=O) groups excluding carboxylic acids is 1. The fourth-order valence-electron chi connectivity index (χ4n) is 1.49. The summed E-state index contributed by atoms with van der Waals surface area (Å²) in [7, 11) is 0. The van der Waals surface area contributed by atoms with E-state index in [-0.39, 0.29) is 11.4 Å². The van der Waals surface area contributed by atoms with E-state index in [9.17, 15) is 18.0 Å². The molecule has 0 atom stereocenters. The zero-order chi connectivity index (χ0) is 14.8. The standard InChI is InChI=1S/C12H9F3N4O/c13-12(14,15)8-5-7(1-2-9(8)16)19-11(20)10-6-17-3-4-18-10/h1-6H,16H2,(H,19,20). The molecule has 0 saturated carbocycles. The summed E-state index contributed by atoms with van der Waals surface area (Å²) in [6.07, 6.45) is -0.699. The smallest absolute Gasteiger partial charge is 0.398 e. The predicted octanol–water partition coefficient (Wildman–Crippen LogP) is 2.33. The van der Waals surface area contributed by atoms with Gasteiger partial charge in [-0.2, -0.15) is 13.2 Å². The predicted molar refractivity (Wildman–Crippen MR) is 65.8 cm³/mol. The van der Waals surface area contributed by atoms with Crippen LogP contribution in [0.2, 0.25) is 0 Å². The zero-order valence-corrected chi connectivity index (χ0v) is 9.98. The van der Waals surface area contributed by atoms with Crippen LogP contribution in [0.4, 0.5) is 24.5 Å². The molecular formula is C12H9F3N4O. The number of carbonyl (C=O) groups is 1. The van der Waals surface area contributed by atoms with Crippen LogP contribution in [0, 0.1) is 0 Å². The second kappa shape index (κ2) is 5.16. The summed E-state index contributed by atoms with van der Waals surface area (Å²) in [6, 6.07) is 3.12. The highest BCUT2D eigenvalue weighted by molar-refractivity contribution is 6.02. The molecule has 1 aromatic heterocycles. The van der Waals surface area contributed by atoms with Crippen molar-refractivity contribution >= 4 is 17.3 Å². The molecule has 2 aromatic rings. The number of aromatic nitrogens is 2. The SMILES string of the molecule is Nc1ccc(NC(=O)c2cnccn2)cc1C(F)(F)F. The molecule has 8 heteroatoms. The number of amides is 1. The minimum absolute atomic E-state index is 0.00196. The molecule has 1 aromatic carbocycles. The monoisotopic (exact) mass is 282 g/mol. The van der Waals surface area contributed by atoms with Crippen molar-refractivity contribution in [2.45, 2.75) is 6.18 Å². The fourth-order valence-corrected chi connectivity index (χ4v) is 1.49. The van der Waals surface area contributed by atoms with Gasteiger partial charge >= 0.3 is 6.18 Å². The molecular weight excluding hydrogens is 273 g/mol. The quantitative estimate of drug-likeness (QED) is 0.828. The average Bonchev–Trinajstić information content (AvgIpc) is 2.40. The third-order valence-electron chi connectivity index (χ3n) is 2.41. The Balaban J connectivity index is 2.25. The summed E-state index contributed by atoms with van der Waals surface area (Å²) in [6.45, 7) is 0. The first-order valence-electron chi connectivity index (χ1n) is 5.42. The van der Waals surface area contributed by atoms with E-state index in [1.54, 1.807) is 0 Å². The van der Waals surface area contributed by atoms with E-state index in [1.165, 1.54) is 24.7 Å². The van der Waals surface area contributed by atoms with Gasteiger partial charge in [0.15, 0.2) is 0 Å². The van der Waals surface area contributed by atoms with E-state index in [0.29, 0.717) is 0 Å². The number of alkyl halides is 3. The Labute approximate surface area is 111 Å². The first-order chi connectivity index (χ1) is 9.38. The fraction of sp³-hybridized carbons (Fsp3) is 0.0833. The lowest BCUT2D eigenvalue weighted by Crippen LogP contribution is -2.15. The number of rotatable bonds is 2. The maximum Gasteiger partial charge on any atom is 0.418 e. The minimum atomic E-state index is -4.59. The Hall–Kier alpha value is -2.64. The summed E-state index contributed by atoms with van der Waals surface area (Å²) in [5.74, 6) is -0.656. The molecule has 3 N–H and O–H groups in total. The van der Waals surface area contributed by atoms with Crippen LogP contribution in [-0.2, 0) is 6.18 Å². The maximum atomic E-state index is 12.7. The maximum absolute atomic E-state index is 12.7. The number of nitrogen functional groups attached to an aromatic ring is 1. The molecule has 104 valence electrons. The number of anilines is 2. The van der Waals surface area contributed by atoms with Gasteiger partial charge in [0.25, 0.3) is 5.91 Å². The van der Waals surface area contributed by atoms with Gasteiger partial charge in [0.05, 0.1) is 11.8 Å². The third-order valence-corrected chi connectivity index (χ3v) is 2.41. The van der Waals surface area contributed by atoms with Crippen LogP contribution in [0.1, 0.15) is 16.1 Å². The summed E-state index contributed by atoms with van der Waals surface area (Å²) in [5, 5.41) is 2.30. The van der Waals surface area contributed by atoms with Crippen molar-refractivity contribution in [3.05, 3.63) is 48.0 Å². The number of nitrogens with zero attached hydrogens (tertiary/aromatic N) is 2. The first-order valence-corrected chi connectivity index (χ1v) is 5.42. The number of halogens is 3. The Kier molecular flexibility index (Phi) is 3.55. The highest BCUT2D eigenvalue weighted by Gasteiger charge is 2.33. The highest BCUT2D eigenvalue weighted by Crippen LogP contribution is 2.35. The van der Waals surface area contributed by atoms with Gasteiger partial charge in [-0.15, -0.1) is 0 Å². The van der Waals surface area contributed by atoms with E-state index in [4.69, 9.17) is 5.73 Å². The largest absolute Gasteiger partial charge is 0.418 e. The molecule has 0 unspecified atom stereocenters. The minimum Gasteiger partial charge on any atom is -0.398 e. The summed E-state index contributed by atoms with van der Waals surface area (Å²) < 4.78 is 38.0. The van der Waals surface area contributed by atoms with Crippen molar-refractivity contribution in [3.63, 3.8) is 0 Å². The average molecular weight is 282 g/mol. The van der Waals surface area contributed by atoms with Crippen LogP contribution in [0.25, 0.3) is 0 Å². The zero-order valence-electron chi connectivity index (χ0n) is 9.98. The molecule has 1 amide bonds. The van der Waals surface area contributed by atoms with Crippen molar-refractivity contribution in [2.24, 2.45) is 0 Å². The Morgan fingerprint density at radius 2 is 2.00 bits per heavy atom. The van der Waals surface area contributed by atoms with Crippen LogP contribution in [0.3, 0.4) is 0 Å². The first kappa shape index (κ1) is 13.8. The van der Waals surface area contributed by atoms with E-state index in [0.717, 1.165) is 12.1 Å². The van der Waals surface area contributed by atoms with Crippen molar-refractivity contribution in [1.82, 2.24) is 9.97 Å². The lowest BCUT2D eigenvalue weighted by molar-refractivity contribution is -0.136. The van der Waals surface area contributed by atoms with Gasteiger partial charge < -0.3 is 11.1 Å². The van der Waals surface area contributed by atoms with Crippen molar-refractivity contribution in [3.8, 4) is 0 Å². The number of hydrogen-bond donors (Lipinski definition) is 2. The van der Waals surface area contributed by atoms with E-state index in [1.807, 2.05) is 0 Å². The van der Waals surface area contributed by atoms with Gasteiger partial charge in [-0.1, -0.05) is 0 Å². The van der Waals surface area contributed by atoms with Gasteiger partial charge in [0.2, 0.25) is 0 Å². The molecule has 0 saturated heterocycles. The normalized spacial score (nSPS) is 11.2. The summed E-state index contributed by atoms with van der Waals surface area (Å²) in [5.41, 5.74) is 3.82. The molecule has 0 radical (unpaired) electrons. The second-order valence-electron chi connectivity index (χ2n) is 3.84. The summed E-state index contributed by atoms with van der Waals surface area (Å²) >= 11 is 0. The van der Waals surface area contributed by atoms with Gasteiger partial charge in [0.1, 0.15) is 5.69 Å². The Morgan fingerprint density at radius 3 is 2.60 bits per heavy atom. The molecule has 0 aliphatic rings. The Morgan fingerprint density at radius 1 is 1.25 bits per heavy atom. The van der Waals surface area contributed by atoms with Crippen LogP contribution < -0.4 is 11.1 Å². The molecule has 0 spiro atoms. The topological polar surface area (TPSA) is 80.9 Å². The summed E-state index contributed by atoms with van der Waals surface area (Å²) in [4.78, 5) is 19.2. The van der Waals surface area contributed by atoms with Gasteiger partial charge in [0, 0.05) is 23.8 Å². The number of hydrogen-bond acceptors (Lipinski definition) is 4. The molecule has 0 aliphatic heterocycles. The van der Waals surface area contributed by atoms with Gasteiger partial charge in [-0.3, -0.25) is 9.78 Å². The molecule has 2 rings (SSSR count). The van der Waals surface area contributed by atoms with E-state index >= 15 is 0 Å². The lowest BCUT2D eigenvalue weighted by atomic mass is 10.1. The van der Waals surface area contributed by atoms with Gasteiger partial charge in [-0.25, -0.2) is 4.98 Å². The lowest BCUT2D eigenvalue weighted by Gasteiger charge is -2.12. The Bertz CT molecular complexity index is 628. The van der Waals surface area contributed by atoms with Crippen LogP contribution >= 0.6 is 0 Å². The van der Waals surface area contributed by atoms with Crippen LogP contribution in [-0.4, -0.2) is 15.9 Å². The molecule has 0 bridgehead atoms. The molecule has 5 nitrogen and oxygen atoms in total. The number of benzene rings is 1.